The van der Waals surface area contributed by atoms with Gasteiger partial charge in [0.1, 0.15) is 11.9 Å². The molecule has 6 heteroatoms. The molecule has 0 spiro atoms. The van der Waals surface area contributed by atoms with Crippen LogP contribution in [0, 0.1) is 0 Å². The first-order chi connectivity index (χ1) is 12.6. The van der Waals surface area contributed by atoms with Crippen LogP contribution in [0.3, 0.4) is 0 Å². The molecule has 2 N–H and O–H groups in total. The van der Waals surface area contributed by atoms with Crippen LogP contribution in [-0.4, -0.2) is 37.2 Å². The summed E-state index contributed by atoms with van der Waals surface area (Å²) in [7, 11) is 2.14. The van der Waals surface area contributed by atoms with E-state index < -0.39 is 0 Å². The van der Waals surface area contributed by atoms with E-state index in [1.165, 1.54) is 0 Å². The second-order valence-corrected chi connectivity index (χ2v) is 7.02. The molecule has 0 bridgehead atoms. The van der Waals surface area contributed by atoms with Crippen LogP contribution < -0.4 is 15.4 Å². The summed E-state index contributed by atoms with van der Waals surface area (Å²) >= 11 is 5.83. The lowest BCUT2D eigenvalue weighted by atomic mass is 10.1. The van der Waals surface area contributed by atoms with Crippen LogP contribution in [0.25, 0.3) is 0 Å². The number of carbonyl (C=O) groups is 1. The molecule has 3 rings (SSSR count). The summed E-state index contributed by atoms with van der Waals surface area (Å²) in [4.78, 5) is 14.3. The molecule has 1 saturated heterocycles. The molecule has 1 heterocycles. The van der Waals surface area contributed by atoms with E-state index in [1.54, 1.807) is 24.3 Å². The molecule has 0 aliphatic carbocycles. The number of hydrogen-bond acceptors (Lipinski definition) is 3. The lowest BCUT2D eigenvalue weighted by Crippen LogP contribution is -2.35. The topological polar surface area (TPSA) is 53.6 Å². The molecule has 1 fully saturated rings. The smallest absolute Gasteiger partial charge is 0.319 e. The summed E-state index contributed by atoms with van der Waals surface area (Å²) in [5.41, 5.74) is 1.72. The number of benzene rings is 2. The summed E-state index contributed by atoms with van der Waals surface area (Å²) in [6.45, 7) is 2.61. The molecule has 0 unspecified atom stereocenters. The minimum atomic E-state index is -0.251. The highest BCUT2D eigenvalue weighted by Crippen LogP contribution is 2.19. The fourth-order valence-corrected chi connectivity index (χ4v) is 3.00. The summed E-state index contributed by atoms with van der Waals surface area (Å²) in [5.74, 6) is 0.883. The van der Waals surface area contributed by atoms with Gasteiger partial charge < -0.3 is 20.3 Å². The van der Waals surface area contributed by atoms with Gasteiger partial charge in [-0.3, -0.25) is 0 Å². The van der Waals surface area contributed by atoms with Gasteiger partial charge >= 0.3 is 6.03 Å². The molecular weight excluding hydrogens is 350 g/mol. The summed E-state index contributed by atoms with van der Waals surface area (Å²) in [6, 6.07) is 14.6. The molecule has 0 aromatic heterocycles. The Labute approximate surface area is 159 Å². The second kappa shape index (κ2) is 8.92. The maximum Gasteiger partial charge on any atom is 0.319 e. The zero-order chi connectivity index (χ0) is 18.4. The zero-order valence-corrected chi connectivity index (χ0v) is 15.6. The number of halogens is 1. The molecule has 0 saturated carbocycles. The SMILES string of the molecule is CN1CCC(Oc2ccc(CNC(=O)Nc3ccc(Cl)cc3)cc2)CC1. The van der Waals surface area contributed by atoms with E-state index in [0.717, 1.165) is 37.2 Å². The van der Waals surface area contributed by atoms with Gasteiger partial charge in [-0.05, 0) is 61.9 Å². The Hall–Kier alpha value is -2.24. The van der Waals surface area contributed by atoms with Crippen molar-refractivity contribution in [2.75, 3.05) is 25.5 Å². The average Bonchev–Trinajstić information content (AvgIpc) is 2.65. The van der Waals surface area contributed by atoms with Gasteiger partial charge in [0.2, 0.25) is 0 Å². The lowest BCUT2D eigenvalue weighted by molar-refractivity contribution is 0.114. The van der Waals surface area contributed by atoms with E-state index in [2.05, 4.69) is 22.6 Å². The normalized spacial score (nSPS) is 15.5. The van der Waals surface area contributed by atoms with Gasteiger partial charge in [-0.15, -0.1) is 0 Å². The van der Waals surface area contributed by atoms with Crippen LogP contribution in [0.15, 0.2) is 48.5 Å². The molecule has 1 aliphatic rings. The van der Waals surface area contributed by atoms with Crippen molar-refractivity contribution in [2.24, 2.45) is 0 Å². The number of nitrogens with zero attached hydrogens (tertiary/aromatic N) is 1. The second-order valence-electron chi connectivity index (χ2n) is 6.58. The van der Waals surface area contributed by atoms with Gasteiger partial charge in [-0.1, -0.05) is 23.7 Å². The van der Waals surface area contributed by atoms with E-state index in [1.807, 2.05) is 24.3 Å². The Kier molecular flexibility index (Phi) is 6.36. The van der Waals surface area contributed by atoms with Gasteiger partial charge in [0.15, 0.2) is 0 Å². The first-order valence-corrected chi connectivity index (χ1v) is 9.21. The average molecular weight is 374 g/mol. The molecule has 2 amide bonds. The molecule has 5 nitrogen and oxygen atoms in total. The van der Waals surface area contributed by atoms with Crippen molar-refractivity contribution in [1.82, 2.24) is 10.2 Å². The molecule has 0 radical (unpaired) electrons. The van der Waals surface area contributed by atoms with Gasteiger partial charge in [-0.2, -0.15) is 0 Å². The summed E-state index contributed by atoms with van der Waals surface area (Å²) < 4.78 is 6.04. The lowest BCUT2D eigenvalue weighted by Gasteiger charge is -2.29. The largest absolute Gasteiger partial charge is 0.490 e. The number of piperidine rings is 1. The fourth-order valence-electron chi connectivity index (χ4n) is 2.87. The van der Waals surface area contributed by atoms with Gasteiger partial charge in [0, 0.05) is 30.3 Å². The predicted octanol–water partition coefficient (Wildman–Crippen LogP) is 4.13. The highest BCUT2D eigenvalue weighted by molar-refractivity contribution is 6.30. The highest BCUT2D eigenvalue weighted by Gasteiger charge is 2.17. The van der Waals surface area contributed by atoms with Crippen molar-refractivity contribution < 1.29 is 9.53 Å². The van der Waals surface area contributed by atoms with E-state index in [0.29, 0.717) is 23.4 Å². The minimum absolute atomic E-state index is 0.251. The minimum Gasteiger partial charge on any atom is -0.490 e. The molecule has 26 heavy (non-hydrogen) atoms. The van der Waals surface area contributed by atoms with E-state index in [9.17, 15) is 4.79 Å². The molecule has 138 valence electrons. The van der Waals surface area contributed by atoms with Crippen LogP contribution in [-0.2, 0) is 6.54 Å². The Morgan fingerprint density at radius 1 is 1.12 bits per heavy atom. The van der Waals surface area contributed by atoms with E-state index in [4.69, 9.17) is 16.3 Å². The van der Waals surface area contributed by atoms with Crippen molar-refractivity contribution in [1.29, 1.82) is 0 Å². The van der Waals surface area contributed by atoms with Crippen LogP contribution in [0.5, 0.6) is 5.75 Å². The first-order valence-electron chi connectivity index (χ1n) is 8.83. The number of rotatable bonds is 5. The zero-order valence-electron chi connectivity index (χ0n) is 14.9. The molecule has 2 aromatic carbocycles. The maximum absolute atomic E-state index is 11.9. The van der Waals surface area contributed by atoms with Gasteiger partial charge in [-0.25, -0.2) is 4.79 Å². The highest BCUT2D eigenvalue weighted by atomic mass is 35.5. The van der Waals surface area contributed by atoms with Crippen LogP contribution in [0.1, 0.15) is 18.4 Å². The number of anilines is 1. The van der Waals surface area contributed by atoms with Crippen LogP contribution >= 0.6 is 11.6 Å². The van der Waals surface area contributed by atoms with Crippen LogP contribution in [0.2, 0.25) is 5.02 Å². The van der Waals surface area contributed by atoms with Crippen LogP contribution in [0.4, 0.5) is 10.5 Å². The fraction of sp³-hybridized carbons (Fsp3) is 0.350. The number of likely N-dealkylation sites (tertiary alicyclic amines) is 1. The summed E-state index contributed by atoms with van der Waals surface area (Å²) in [6.07, 6.45) is 2.41. The van der Waals surface area contributed by atoms with E-state index in [-0.39, 0.29) is 6.03 Å². The maximum atomic E-state index is 11.9. The monoisotopic (exact) mass is 373 g/mol. The predicted molar refractivity (Wildman–Crippen MR) is 105 cm³/mol. The van der Waals surface area contributed by atoms with Crippen molar-refractivity contribution in [2.45, 2.75) is 25.5 Å². The molecule has 0 atom stereocenters. The number of amides is 2. The quantitative estimate of drug-likeness (QED) is 0.828. The standard InChI is InChI=1S/C20H24ClN3O2/c1-24-12-10-19(11-13-24)26-18-8-2-15(3-9-18)14-22-20(25)23-17-6-4-16(21)5-7-17/h2-9,19H,10-14H2,1H3,(H2,22,23,25). The van der Waals surface area contributed by atoms with E-state index >= 15 is 0 Å². The Morgan fingerprint density at radius 3 is 2.42 bits per heavy atom. The number of nitrogens with one attached hydrogen (secondary N) is 2. The van der Waals surface area contributed by atoms with Gasteiger partial charge in [0.05, 0.1) is 0 Å². The third-order valence-electron chi connectivity index (χ3n) is 4.45. The van der Waals surface area contributed by atoms with Crippen molar-refractivity contribution in [3.05, 3.63) is 59.1 Å². The third kappa shape index (κ3) is 5.64. The van der Waals surface area contributed by atoms with Crippen molar-refractivity contribution in [3.8, 4) is 5.75 Å². The number of carbonyl (C=O) groups excluding carboxylic acids is 1. The van der Waals surface area contributed by atoms with Gasteiger partial charge in [0.25, 0.3) is 0 Å². The number of ether oxygens (including phenoxy) is 1. The molecular formula is C20H24ClN3O2. The third-order valence-corrected chi connectivity index (χ3v) is 4.70. The Balaban J connectivity index is 1.43. The molecule has 2 aromatic rings. The Bertz CT molecular complexity index is 711. The van der Waals surface area contributed by atoms with Crippen molar-refractivity contribution >= 4 is 23.3 Å². The molecule has 1 aliphatic heterocycles. The Morgan fingerprint density at radius 2 is 1.77 bits per heavy atom. The number of hydrogen-bond donors (Lipinski definition) is 2. The van der Waals surface area contributed by atoms with Crippen molar-refractivity contribution in [3.63, 3.8) is 0 Å². The summed E-state index contributed by atoms with van der Waals surface area (Å²) in [5, 5.41) is 6.25. The first kappa shape index (κ1) is 18.5. The number of urea groups is 1.